The third-order valence-electron chi connectivity index (χ3n) is 5.89. The Labute approximate surface area is 182 Å². The van der Waals surface area contributed by atoms with Crippen molar-refractivity contribution in [2.75, 3.05) is 46.9 Å². The highest BCUT2D eigenvalue weighted by atomic mass is 16.5. The van der Waals surface area contributed by atoms with Crippen LogP contribution in [0.2, 0.25) is 0 Å². The molecule has 1 fully saturated rings. The van der Waals surface area contributed by atoms with E-state index in [9.17, 15) is 4.79 Å². The standard InChI is InChI=1S/C24H28N4O3/c1-4-26-12-14-27(15-13-26)24(29)21-17-28(18-8-6-5-7-9-18)25-23(21)20-11-10-19(30-2)16-22(20)31-3/h5-11,16-17H,4,12-15H2,1-3H3/p+1. The molecule has 0 unspecified atom stereocenters. The van der Waals surface area contributed by atoms with Crippen molar-refractivity contribution in [1.29, 1.82) is 0 Å². The predicted molar refractivity (Wildman–Crippen MR) is 119 cm³/mol. The first kappa shape index (κ1) is 20.9. The highest BCUT2D eigenvalue weighted by Crippen LogP contribution is 2.35. The van der Waals surface area contributed by atoms with Crippen molar-refractivity contribution >= 4 is 5.91 Å². The molecule has 0 radical (unpaired) electrons. The molecule has 0 bridgehead atoms. The normalized spacial score (nSPS) is 14.5. The lowest BCUT2D eigenvalue weighted by Crippen LogP contribution is -3.14. The number of carbonyl (C=O) groups is 1. The third kappa shape index (κ3) is 4.27. The molecular formula is C24H29N4O3+. The van der Waals surface area contributed by atoms with Gasteiger partial charge in [0, 0.05) is 17.8 Å². The van der Waals surface area contributed by atoms with Crippen LogP contribution in [-0.4, -0.2) is 67.5 Å². The van der Waals surface area contributed by atoms with Crippen molar-refractivity contribution in [2.24, 2.45) is 0 Å². The van der Waals surface area contributed by atoms with E-state index in [0.717, 1.165) is 44.0 Å². The van der Waals surface area contributed by atoms with Gasteiger partial charge in [-0.1, -0.05) is 18.2 Å². The molecule has 0 aliphatic carbocycles. The van der Waals surface area contributed by atoms with Gasteiger partial charge in [-0.25, -0.2) is 4.68 Å². The minimum absolute atomic E-state index is 0.00482. The number of piperazine rings is 1. The third-order valence-corrected chi connectivity index (χ3v) is 5.89. The second kappa shape index (κ2) is 9.22. The fraction of sp³-hybridized carbons (Fsp3) is 0.333. The lowest BCUT2D eigenvalue weighted by Gasteiger charge is -2.31. The van der Waals surface area contributed by atoms with Crippen molar-refractivity contribution in [3.63, 3.8) is 0 Å². The summed E-state index contributed by atoms with van der Waals surface area (Å²) in [6, 6.07) is 15.4. The predicted octanol–water partition coefficient (Wildman–Crippen LogP) is 1.92. The Hall–Kier alpha value is -3.32. The number of aromatic nitrogens is 2. The minimum atomic E-state index is 0.00482. The summed E-state index contributed by atoms with van der Waals surface area (Å²) in [5, 5.41) is 4.80. The summed E-state index contributed by atoms with van der Waals surface area (Å²) in [6.45, 7) is 6.70. The Bertz CT molecular complexity index is 1040. The molecule has 1 saturated heterocycles. The lowest BCUT2D eigenvalue weighted by molar-refractivity contribution is -0.902. The number of nitrogens with one attached hydrogen (secondary N) is 1. The molecular weight excluding hydrogens is 392 g/mol. The van der Waals surface area contributed by atoms with Crippen LogP contribution in [0.5, 0.6) is 11.5 Å². The molecule has 1 aliphatic rings. The summed E-state index contributed by atoms with van der Waals surface area (Å²) >= 11 is 0. The Morgan fingerprint density at radius 1 is 1.06 bits per heavy atom. The molecule has 7 heteroatoms. The Balaban J connectivity index is 1.77. The number of rotatable bonds is 6. The van der Waals surface area contributed by atoms with Crippen molar-refractivity contribution in [3.8, 4) is 28.4 Å². The molecule has 3 aromatic rings. The minimum Gasteiger partial charge on any atom is -0.497 e. The smallest absolute Gasteiger partial charge is 0.258 e. The van der Waals surface area contributed by atoms with Crippen LogP contribution in [-0.2, 0) is 0 Å². The van der Waals surface area contributed by atoms with Crippen LogP contribution >= 0.6 is 0 Å². The first-order valence-electron chi connectivity index (χ1n) is 10.6. The summed E-state index contributed by atoms with van der Waals surface area (Å²) < 4.78 is 12.7. The van der Waals surface area contributed by atoms with Crippen LogP contribution < -0.4 is 14.4 Å². The van der Waals surface area contributed by atoms with E-state index in [2.05, 4.69) is 6.92 Å². The number of methoxy groups -OCH3 is 2. The van der Waals surface area contributed by atoms with E-state index in [1.165, 1.54) is 4.90 Å². The zero-order chi connectivity index (χ0) is 21.8. The van der Waals surface area contributed by atoms with Crippen molar-refractivity contribution in [1.82, 2.24) is 14.7 Å². The van der Waals surface area contributed by atoms with Crippen LogP contribution in [0.3, 0.4) is 0 Å². The number of para-hydroxylation sites is 1. The number of hydrogen-bond donors (Lipinski definition) is 1. The maximum absolute atomic E-state index is 13.6. The van der Waals surface area contributed by atoms with Gasteiger partial charge in [0.15, 0.2) is 0 Å². The molecule has 0 atom stereocenters. The van der Waals surface area contributed by atoms with Crippen LogP contribution in [0.4, 0.5) is 0 Å². The maximum Gasteiger partial charge on any atom is 0.258 e. The number of ether oxygens (including phenoxy) is 2. The largest absolute Gasteiger partial charge is 0.497 e. The molecule has 0 saturated carbocycles. The van der Waals surface area contributed by atoms with Gasteiger partial charge in [0.1, 0.15) is 17.2 Å². The summed E-state index contributed by atoms with van der Waals surface area (Å²) in [5.41, 5.74) is 2.85. The molecule has 162 valence electrons. The van der Waals surface area contributed by atoms with Gasteiger partial charge in [0.2, 0.25) is 0 Å². The first-order valence-corrected chi connectivity index (χ1v) is 10.6. The van der Waals surface area contributed by atoms with E-state index < -0.39 is 0 Å². The molecule has 0 spiro atoms. The molecule has 2 aromatic carbocycles. The fourth-order valence-corrected chi connectivity index (χ4v) is 3.99. The quantitative estimate of drug-likeness (QED) is 0.661. The molecule has 1 amide bonds. The summed E-state index contributed by atoms with van der Waals surface area (Å²) in [7, 11) is 3.23. The van der Waals surface area contributed by atoms with Crippen LogP contribution in [0.1, 0.15) is 17.3 Å². The van der Waals surface area contributed by atoms with Gasteiger partial charge < -0.3 is 19.3 Å². The second-order valence-corrected chi connectivity index (χ2v) is 7.63. The highest BCUT2D eigenvalue weighted by molar-refractivity contribution is 6.00. The summed E-state index contributed by atoms with van der Waals surface area (Å²) in [6.07, 6.45) is 1.83. The number of hydrogen-bond acceptors (Lipinski definition) is 4. The number of benzene rings is 2. The van der Waals surface area contributed by atoms with Gasteiger partial charge in [-0.15, -0.1) is 0 Å². The van der Waals surface area contributed by atoms with E-state index >= 15 is 0 Å². The van der Waals surface area contributed by atoms with Gasteiger partial charge in [-0.05, 0) is 31.2 Å². The molecule has 7 nitrogen and oxygen atoms in total. The molecule has 1 N–H and O–H groups in total. The molecule has 2 heterocycles. The fourth-order valence-electron chi connectivity index (χ4n) is 3.99. The van der Waals surface area contributed by atoms with Gasteiger partial charge in [-0.2, -0.15) is 5.10 Å². The lowest BCUT2D eigenvalue weighted by atomic mass is 10.1. The second-order valence-electron chi connectivity index (χ2n) is 7.63. The van der Waals surface area contributed by atoms with Gasteiger partial charge in [0.25, 0.3) is 5.91 Å². The Morgan fingerprint density at radius 3 is 2.45 bits per heavy atom. The monoisotopic (exact) mass is 421 g/mol. The average Bonchev–Trinajstić information content (AvgIpc) is 3.29. The maximum atomic E-state index is 13.6. The number of carbonyl (C=O) groups excluding carboxylic acids is 1. The van der Waals surface area contributed by atoms with Crippen molar-refractivity contribution in [3.05, 3.63) is 60.3 Å². The van der Waals surface area contributed by atoms with Crippen LogP contribution in [0.15, 0.2) is 54.7 Å². The number of quaternary nitrogens is 1. The Kier molecular flexibility index (Phi) is 6.23. The van der Waals surface area contributed by atoms with Gasteiger partial charge >= 0.3 is 0 Å². The summed E-state index contributed by atoms with van der Waals surface area (Å²) in [5.74, 6) is 1.31. The number of likely N-dealkylation sites (N-methyl/N-ethyl adjacent to an activating group) is 1. The first-order chi connectivity index (χ1) is 15.1. The zero-order valence-electron chi connectivity index (χ0n) is 18.3. The van der Waals surface area contributed by atoms with Crippen molar-refractivity contribution in [2.45, 2.75) is 6.92 Å². The average molecular weight is 422 g/mol. The van der Waals surface area contributed by atoms with Crippen molar-refractivity contribution < 1.29 is 19.2 Å². The number of nitrogens with zero attached hydrogens (tertiary/aromatic N) is 3. The summed E-state index contributed by atoms with van der Waals surface area (Å²) in [4.78, 5) is 17.0. The van der Waals surface area contributed by atoms with Gasteiger partial charge in [0.05, 0.1) is 58.2 Å². The molecule has 1 aliphatic heterocycles. The topological polar surface area (TPSA) is 61.0 Å². The molecule has 4 rings (SSSR count). The SMILES string of the molecule is CC[NH+]1CCN(C(=O)c2cn(-c3ccccc3)nc2-c2ccc(OC)cc2OC)CC1. The van der Waals surface area contributed by atoms with Crippen LogP contribution in [0, 0.1) is 0 Å². The van der Waals surface area contributed by atoms with Crippen LogP contribution in [0.25, 0.3) is 16.9 Å². The van der Waals surface area contributed by atoms with E-state index in [-0.39, 0.29) is 5.91 Å². The highest BCUT2D eigenvalue weighted by Gasteiger charge is 2.28. The number of amides is 1. The van der Waals surface area contributed by atoms with Gasteiger partial charge in [-0.3, -0.25) is 4.79 Å². The molecule has 1 aromatic heterocycles. The van der Waals surface area contributed by atoms with E-state index in [4.69, 9.17) is 14.6 Å². The van der Waals surface area contributed by atoms with E-state index in [1.807, 2.05) is 59.6 Å². The molecule has 31 heavy (non-hydrogen) atoms. The Morgan fingerprint density at radius 2 is 1.81 bits per heavy atom. The zero-order valence-corrected chi connectivity index (χ0v) is 18.3. The van der Waals surface area contributed by atoms with E-state index in [1.54, 1.807) is 18.9 Å². The van der Waals surface area contributed by atoms with E-state index in [0.29, 0.717) is 22.8 Å².